The fraction of sp³-hybridized carbons (Fsp3) is 0.636. The van der Waals surface area contributed by atoms with Crippen LogP contribution in [0.5, 0.6) is 0 Å². The van der Waals surface area contributed by atoms with E-state index in [1.54, 1.807) is 0 Å². The maximum atomic E-state index is 5.45. The minimum atomic E-state index is 0.508. The van der Waals surface area contributed by atoms with Crippen LogP contribution in [0.2, 0.25) is 0 Å². The number of hydrogen-bond donors (Lipinski definition) is 0. The van der Waals surface area contributed by atoms with Crippen LogP contribution < -0.4 is 0 Å². The third-order valence-corrected chi connectivity index (χ3v) is 3.83. The molecule has 3 unspecified atom stereocenters. The second kappa shape index (κ2) is 3.81. The molecule has 0 aromatic carbocycles. The number of ether oxygens (including phenoxy) is 1. The third-order valence-electron chi connectivity index (χ3n) is 2.79. The lowest BCUT2D eigenvalue weighted by molar-refractivity contribution is 0.358. The standard InChI is InChI=1S/C11H16OS/c1-3-9(7-10-8(2)12-10)11-5-4-6-13-11/h4-6,8-10H,3,7H2,1-2H3. The Morgan fingerprint density at radius 2 is 2.38 bits per heavy atom. The highest BCUT2D eigenvalue weighted by Gasteiger charge is 2.36. The van der Waals surface area contributed by atoms with Gasteiger partial charge in [0.25, 0.3) is 0 Å². The molecule has 0 bridgehead atoms. The summed E-state index contributed by atoms with van der Waals surface area (Å²) in [6.07, 6.45) is 3.48. The summed E-state index contributed by atoms with van der Waals surface area (Å²) in [5, 5.41) is 2.16. The van der Waals surface area contributed by atoms with Gasteiger partial charge in [-0.25, -0.2) is 0 Å². The average molecular weight is 196 g/mol. The number of rotatable bonds is 4. The molecule has 3 atom stereocenters. The number of epoxide rings is 1. The van der Waals surface area contributed by atoms with Crippen LogP contribution in [-0.2, 0) is 4.74 Å². The fourth-order valence-electron chi connectivity index (χ4n) is 1.77. The van der Waals surface area contributed by atoms with Crippen molar-refractivity contribution < 1.29 is 4.74 Å². The molecule has 2 heterocycles. The molecule has 2 rings (SSSR count). The van der Waals surface area contributed by atoms with Crippen LogP contribution in [0.15, 0.2) is 17.5 Å². The number of hydrogen-bond acceptors (Lipinski definition) is 2. The highest BCUT2D eigenvalue weighted by Crippen LogP contribution is 2.35. The summed E-state index contributed by atoms with van der Waals surface area (Å²) in [6, 6.07) is 4.38. The molecule has 0 radical (unpaired) electrons. The Kier molecular flexibility index (Phi) is 2.70. The second-order valence-electron chi connectivity index (χ2n) is 3.74. The Labute approximate surface area is 83.7 Å². The molecule has 0 amide bonds. The maximum absolute atomic E-state index is 5.45. The summed E-state index contributed by atoms with van der Waals surface area (Å²) in [5.74, 6) is 0.718. The maximum Gasteiger partial charge on any atom is 0.0845 e. The normalized spacial score (nSPS) is 28.8. The molecule has 0 aliphatic carbocycles. The summed E-state index contributed by atoms with van der Waals surface area (Å²) in [7, 11) is 0. The van der Waals surface area contributed by atoms with Gasteiger partial charge in [0.15, 0.2) is 0 Å². The largest absolute Gasteiger partial charge is 0.370 e. The SMILES string of the molecule is CCC(CC1OC1C)c1cccs1. The van der Waals surface area contributed by atoms with Crippen LogP contribution in [0.1, 0.15) is 37.5 Å². The minimum absolute atomic E-state index is 0.508. The van der Waals surface area contributed by atoms with Crippen molar-refractivity contribution in [2.24, 2.45) is 0 Å². The van der Waals surface area contributed by atoms with Crippen molar-refractivity contribution in [3.05, 3.63) is 22.4 Å². The Bertz CT molecular complexity index is 255. The van der Waals surface area contributed by atoms with E-state index in [9.17, 15) is 0 Å². The van der Waals surface area contributed by atoms with E-state index in [0.717, 1.165) is 5.92 Å². The van der Waals surface area contributed by atoms with Crippen molar-refractivity contribution in [2.75, 3.05) is 0 Å². The highest BCUT2D eigenvalue weighted by atomic mass is 32.1. The van der Waals surface area contributed by atoms with Gasteiger partial charge in [-0.1, -0.05) is 13.0 Å². The van der Waals surface area contributed by atoms with Crippen LogP contribution in [0.25, 0.3) is 0 Å². The van der Waals surface area contributed by atoms with Crippen molar-refractivity contribution >= 4 is 11.3 Å². The van der Waals surface area contributed by atoms with Crippen molar-refractivity contribution in [2.45, 2.75) is 44.8 Å². The Morgan fingerprint density at radius 1 is 1.62 bits per heavy atom. The van der Waals surface area contributed by atoms with Gasteiger partial charge in [0.2, 0.25) is 0 Å². The predicted octanol–water partition coefficient (Wildman–Crippen LogP) is 3.42. The summed E-state index contributed by atoms with van der Waals surface area (Å²) in [6.45, 7) is 4.42. The Balaban J connectivity index is 1.94. The van der Waals surface area contributed by atoms with Gasteiger partial charge in [-0.2, -0.15) is 0 Å². The summed E-state index contributed by atoms with van der Waals surface area (Å²) < 4.78 is 5.45. The molecule has 1 nitrogen and oxygen atoms in total. The van der Waals surface area contributed by atoms with E-state index >= 15 is 0 Å². The molecule has 0 spiro atoms. The smallest absolute Gasteiger partial charge is 0.0845 e. The van der Waals surface area contributed by atoms with Crippen molar-refractivity contribution in [1.82, 2.24) is 0 Å². The predicted molar refractivity (Wildman–Crippen MR) is 56.3 cm³/mol. The third kappa shape index (κ3) is 2.12. The molecular formula is C11H16OS. The molecule has 13 heavy (non-hydrogen) atoms. The molecular weight excluding hydrogens is 180 g/mol. The van der Waals surface area contributed by atoms with Gasteiger partial charge < -0.3 is 4.74 Å². The first-order valence-electron chi connectivity index (χ1n) is 5.00. The molecule has 1 aromatic rings. The minimum Gasteiger partial charge on any atom is -0.370 e. The van der Waals surface area contributed by atoms with Crippen molar-refractivity contribution in [1.29, 1.82) is 0 Å². The lowest BCUT2D eigenvalue weighted by atomic mass is 9.98. The molecule has 0 saturated carbocycles. The van der Waals surface area contributed by atoms with Crippen molar-refractivity contribution in [3.63, 3.8) is 0 Å². The lowest BCUT2D eigenvalue weighted by Gasteiger charge is -2.10. The Morgan fingerprint density at radius 3 is 2.85 bits per heavy atom. The van der Waals surface area contributed by atoms with Crippen LogP contribution in [0.4, 0.5) is 0 Å². The van der Waals surface area contributed by atoms with E-state index in [2.05, 4.69) is 31.4 Å². The summed E-state index contributed by atoms with van der Waals surface area (Å²) in [5.41, 5.74) is 0. The monoisotopic (exact) mass is 196 g/mol. The quantitative estimate of drug-likeness (QED) is 0.672. The van der Waals surface area contributed by atoms with Gasteiger partial charge in [-0.05, 0) is 37.1 Å². The molecule has 72 valence electrons. The molecule has 0 N–H and O–H groups in total. The van der Waals surface area contributed by atoms with E-state index in [-0.39, 0.29) is 0 Å². The second-order valence-corrected chi connectivity index (χ2v) is 4.72. The van der Waals surface area contributed by atoms with E-state index in [4.69, 9.17) is 4.74 Å². The van der Waals surface area contributed by atoms with Crippen LogP contribution in [-0.4, -0.2) is 12.2 Å². The molecule has 1 aliphatic heterocycles. The van der Waals surface area contributed by atoms with Gasteiger partial charge in [0, 0.05) is 4.88 Å². The first-order chi connectivity index (χ1) is 6.31. The van der Waals surface area contributed by atoms with Gasteiger partial charge in [0.05, 0.1) is 12.2 Å². The highest BCUT2D eigenvalue weighted by molar-refractivity contribution is 7.10. The molecule has 1 fully saturated rings. The van der Waals surface area contributed by atoms with Gasteiger partial charge in [-0.3, -0.25) is 0 Å². The topological polar surface area (TPSA) is 12.5 Å². The lowest BCUT2D eigenvalue weighted by Crippen LogP contribution is -2.00. The molecule has 1 saturated heterocycles. The van der Waals surface area contributed by atoms with E-state index < -0.39 is 0 Å². The van der Waals surface area contributed by atoms with Crippen LogP contribution in [0, 0.1) is 0 Å². The molecule has 2 heteroatoms. The average Bonchev–Trinajstić information content (AvgIpc) is 2.68. The number of thiophene rings is 1. The van der Waals surface area contributed by atoms with E-state index in [1.165, 1.54) is 17.7 Å². The summed E-state index contributed by atoms with van der Waals surface area (Å²) >= 11 is 1.87. The first kappa shape index (κ1) is 9.22. The van der Waals surface area contributed by atoms with E-state index in [1.807, 2.05) is 11.3 Å². The Hall–Kier alpha value is -0.340. The van der Waals surface area contributed by atoms with Gasteiger partial charge in [0.1, 0.15) is 0 Å². The zero-order valence-electron chi connectivity index (χ0n) is 8.19. The van der Waals surface area contributed by atoms with E-state index in [0.29, 0.717) is 12.2 Å². The van der Waals surface area contributed by atoms with Crippen molar-refractivity contribution in [3.8, 4) is 0 Å². The van der Waals surface area contributed by atoms with Crippen LogP contribution >= 0.6 is 11.3 Å². The fourth-order valence-corrected chi connectivity index (χ4v) is 2.69. The zero-order valence-corrected chi connectivity index (χ0v) is 9.01. The summed E-state index contributed by atoms with van der Waals surface area (Å²) in [4.78, 5) is 1.52. The van der Waals surface area contributed by atoms with Crippen LogP contribution in [0.3, 0.4) is 0 Å². The van der Waals surface area contributed by atoms with Gasteiger partial charge in [-0.15, -0.1) is 11.3 Å². The van der Waals surface area contributed by atoms with Gasteiger partial charge >= 0.3 is 0 Å². The zero-order chi connectivity index (χ0) is 9.26. The molecule has 1 aliphatic rings. The molecule has 1 aromatic heterocycles. The first-order valence-corrected chi connectivity index (χ1v) is 5.88.